The predicted molar refractivity (Wildman–Crippen MR) is 73.4 cm³/mol. The van der Waals surface area contributed by atoms with Crippen LogP contribution in [0, 0.1) is 5.92 Å². The normalized spacial score (nSPS) is 11.3. The summed E-state index contributed by atoms with van der Waals surface area (Å²) in [5, 5.41) is 0. The quantitative estimate of drug-likeness (QED) is 0.336. The molecule has 0 heterocycles. The van der Waals surface area contributed by atoms with E-state index in [9.17, 15) is 37.8 Å². The van der Waals surface area contributed by atoms with Gasteiger partial charge in [-0.05, 0) is 24.9 Å². The van der Waals surface area contributed by atoms with Gasteiger partial charge in [0.15, 0.2) is 0 Å². The summed E-state index contributed by atoms with van der Waals surface area (Å²) in [6.07, 6.45) is -1.57. The Morgan fingerprint density at radius 3 is 1.36 bits per heavy atom. The molecule has 0 aromatic rings. The van der Waals surface area contributed by atoms with Crippen LogP contribution in [0.2, 0.25) is 0 Å². The molecule has 12 heteroatoms. The van der Waals surface area contributed by atoms with Gasteiger partial charge >= 0.3 is 0 Å². The summed E-state index contributed by atoms with van der Waals surface area (Å²) in [6, 6.07) is 0. The van der Waals surface area contributed by atoms with E-state index in [1.165, 1.54) is 0 Å². The molecule has 0 amide bonds. The summed E-state index contributed by atoms with van der Waals surface area (Å²) in [5.74, 6) is -6.55. The number of hydrogen-bond donors (Lipinski definition) is 0. The van der Waals surface area contributed by atoms with Crippen LogP contribution in [0.4, 0.5) is 20.9 Å². The summed E-state index contributed by atoms with van der Waals surface area (Å²) >= 11 is 0. The smallest absolute Gasteiger partial charge is 0.275 e. The van der Waals surface area contributed by atoms with Gasteiger partial charge in [-0.15, -0.1) is 7.77 Å². The molecule has 0 saturated heterocycles. The Morgan fingerprint density at radius 2 is 1.18 bits per heavy atom. The maximum atomic E-state index is 12.4. The summed E-state index contributed by atoms with van der Waals surface area (Å²) in [7, 11) is -9.65. The summed E-state index contributed by atoms with van der Waals surface area (Å²) in [4.78, 5) is 0. The molecule has 0 bridgehead atoms. The van der Waals surface area contributed by atoms with E-state index in [-0.39, 0.29) is 47.6 Å². The molecule has 0 rings (SSSR count). The average Bonchev–Trinajstić information content (AvgIpc) is 2.11. The van der Waals surface area contributed by atoms with Crippen LogP contribution in [0.3, 0.4) is 0 Å². The fraction of sp³-hybridized carbons (Fsp3) is 0.900. The van der Waals surface area contributed by atoms with E-state index >= 15 is 0 Å². The van der Waals surface area contributed by atoms with E-state index in [0.29, 0.717) is 14.1 Å². The third-order valence-corrected chi connectivity index (χ3v) is 3.18. The van der Waals surface area contributed by atoms with Gasteiger partial charge in [-0.3, -0.25) is 10.3 Å². The maximum absolute atomic E-state index is 12.4. The largest absolute Gasteiger partial charge is 0.279 e. The Balaban J connectivity index is -0.000000184. The molecular formula is C10H22F5O4S2Y-. The van der Waals surface area contributed by atoms with E-state index in [1.54, 1.807) is 0 Å². The zero-order valence-corrected chi connectivity index (χ0v) is 15.2. The summed E-state index contributed by atoms with van der Waals surface area (Å²) in [6.45, 7) is 0.526. The van der Waals surface area contributed by atoms with Crippen LogP contribution in [-0.4, -0.2) is 41.4 Å². The van der Waals surface area contributed by atoms with Gasteiger partial charge in [0.05, 0.1) is 7.18 Å². The van der Waals surface area contributed by atoms with Crippen LogP contribution >= 0.6 is 0 Å². The number of halogens is 5. The molecule has 0 aliphatic carbocycles. The van der Waals surface area contributed by atoms with Crippen molar-refractivity contribution < 1.29 is 70.5 Å². The molecule has 0 atom stereocenters. The van der Waals surface area contributed by atoms with E-state index in [1.807, 2.05) is 0 Å². The first kappa shape index (κ1) is 34.1. The Bertz CT molecular complexity index is 414. The topological polar surface area (TPSA) is 68.3 Å². The van der Waals surface area contributed by atoms with Crippen molar-refractivity contribution in [2.45, 2.75) is 40.5 Å². The third kappa shape index (κ3) is 28.8. The summed E-state index contributed by atoms with van der Waals surface area (Å²) < 4.78 is 100.0. The number of hydrogen-bond acceptors (Lipinski definition) is 4. The molecule has 22 heavy (non-hydrogen) atoms. The van der Waals surface area contributed by atoms with Crippen LogP contribution in [-0.2, 0) is 53.2 Å². The van der Waals surface area contributed by atoms with Crippen molar-refractivity contribution in [3.63, 3.8) is 0 Å². The van der Waals surface area contributed by atoms with E-state index in [0.717, 1.165) is 0 Å². The first-order chi connectivity index (χ1) is 8.29. The fourth-order valence-electron chi connectivity index (χ4n) is 1.07. The molecule has 0 saturated carbocycles. The third-order valence-electron chi connectivity index (χ3n) is 1.67. The Labute approximate surface area is 155 Å². The molecule has 0 fully saturated rings. The molecule has 0 unspecified atom stereocenters. The van der Waals surface area contributed by atoms with Crippen LogP contribution in [0.5, 0.6) is 0 Å². The second kappa shape index (κ2) is 14.0. The molecule has 0 aliphatic heterocycles. The van der Waals surface area contributed by atoms with Gasteiger partial charge in [-0.25, -0.2) is 8.78 Å². The molecular weight excluding hydrogens is 432 g/mol. The van der Waals surface area contributed by atoms with Gasteiger partial charge in [0.2, 0.25) is 5.92 Å². The first-order valence-corrected chi connectivity index (χ1v) is 7.83. The molecule has 1 radical (unpaired) electrons. The first-order valence-electron chi connectivity index (χ1n) is 4.72. The van der Waals surface area contributed by atoms with Crippen LogP contribution in [0.25, 0.3) is 0 Å². The van der Waals surface area contributed by atoms with Gasteiger partial charge in [-0.1, -0.05) is 14.9 Å². The standard InChI is InChI=1S/C7H11F4O4S2.CH3F.2CH4.Y/c1-7(8,9)3-2-6(4-16(10,12)13)5-17(11,14)15;1-2;;;/h2-5H2,1H3;1H3;2*1H4;/q-1;;;;. The van der Waals surface area contributed by atoms with Crippen molar-refractivity contribution in [3.05, 3.63) is 5.92 Å². The van der Waals surface area contributed by atoms with Crippen molar-refractivity contribution in [1.82, 2.24) is 0 Å². The number of alkyl halides is 3. The van der Waals surface area contributed by atoms with Gasteiger partial charge < -0.3 is 0 Å². The molecule has 0 aromatic heterocycles. The van der Waals surface area contributed by atoms with Gasteiger partial charge in [-0.2, -0.15) is 23.3 Å². The van der Waals surface area contributed by atoms with E-state index in [2.05, 4.69) is 0 Å². The van der Waals surface area contributed by atoms with Crippen LogP contribution in [0.1, 0.15) is 34.6 Å². The van der Waals surface area contributed by atoms with Gasteiger partial charge in [0, 0.05) is 32.7 Å². The minimum atomic E-state index is -5.08. The van der Waals surface area contributed by atoms with Crippen molar-refractivity contribution in [1.29, 1.82) is 0 Å². The Kier molecular flexibility index (Phi) is 21.7. The minimum absolute atomic E-state index is 0. The molecule has 4 nitrogen and oxygen atoms in total. The molecule has 0 N–H and O–H groups in total. The second-order valence-electron chi connectivity index (χ2n) is 3.69. The zero-order chi connectivity index (χ0) is 15.9. The minimum Gasteiger partial charge on any atom is -0.279 e. The van der Waals surface area contributed by atoms with Crippen molar-refractivity contribution in [2.75, 3.05) is 18.7 Å². The molecule has 0 spiro atoms. The average molecular weight is 454 g/mol. The zero-order valence-electron chi connectivity index (χ0n) is 10.7. The van der Waals surface area contributed by atoms with Crippen molar-refractivity contribution in [3.8, 4) is 0 Å². The second-order valence-corrected chi connectivity index (χ2v) is 6.42. The molecule has 137 valence electrons. The van der Waals surface area contributed by atoms with Crippen molar-refractivity contribution in [2.24, 2.45) is 0 Å². The van der Waals surface area contributed by atoms with E-state index < -0.39 is 56.6 Å². The van der Waals surface area contributed by atoms with Crippen LogP contribution in [0.15, 0.2) is 0 Å². The Hall–Kier alpha value is 0.654. The fourth-order valence-corrected chi connectivity index (χ4v) is 2.67. The Morgan fingerprint density at radius 1 is 0.909 bits per heavy atom. The maximum Gasteiger partial charge on any atom is 0.275 e. The monoisotopic (exact) mass is 454 g/mol. The molecule has 0 aliphatic rings. The van der Waals surface area contributed by atoms with Gasteiger partial charge in [0.1, 0.15) is 0 Å². The molecule has 0 aromatic carbocycles. The van der Waals surface area contributed by atoms with E-state index in [4.69, 9.17) is 0 Å². The summed E-state index contributed by atoms with van der Waals surface area (Å²) in [5.41, 5.74) is 0. The number of rotatable bonds is 7. The van der Waals surface area contributed by atoms with Gasteiger partial charge in [0.25, 0.3) is 20.4 Å². The SMILES string of the molecule is C.C.CC(F)(F)CC[C-](CS(=O)(=O)F)CS(=O)(=O)F.CF.[Y]. The van der Waals surface area contributed by atoms with Crippen LogP contribution < -0.4 is 0 Å². The predicted octanol–water partition coefficient (Wildman–Crippen LogP) is 3.45. The van der Waals surface area contributed by atoms with Crippen molar-refractivity contribution >= 4 is 20.4 Å².